The molecule has 72 heavy (non-hydrogen) atoms. The first-order chi connectivity index (χ1) is 34.1. The molecule has 6 atom stereocenters. The number of likely N-dealkylation sites (tertiary alicyclic amines) is 1. The molecule has 6 rings (SSSR count). The van der Waals surface area contributed by atoms with Gasteiger partial charge in [0.2, 0.25) is 41.4 Å². The molecule has 1 heterocycles. The summed E-state index contributed by atoms with van der Waals surface area (Å²) in [5, 5.41) is 52.9. The highest BCUT2D eigenvalue weighted by Gasteiger charge is 2.51. The molecule has 1 aromatic rings. The fraction of sp³-hybridized carbons (Fsp3) is 0.673. The van der Waals surface area contributed by atoms with Crippen LogP contribution in [0.1, 0.15) is 116 Å². The van der Waals surface area contributed by atoms with Crippen LogP contribution in [-0.4, -0.2) is 137 Å². The first kappa shape index (κ1) is 56.6. The van der Waals surface area contributed by atoms with Gasteiger partial charge in [0, 0.05) is 32.5 Å². The van der Waals surface area contributed by atoms with E-state index >= 15 is 0 Å². The lowest BCUT2D eigenvalue weighted by Gasteiger charge is -2.56. The van der Waals surface area contributed by atoms with Crippen molar-refractivity contribution in [2.75, 3.05) is 26.2 Å². The summed E-state index contributed by atoms with van der Waals surface area (Å²) in [6.45, 7) is 3.38. The lowest BCUT2D eigenvalue weighted by atomic mass is 9.49. The van der Waals surface area contributed by atoms with Crippen LogP contribution in [0.15, 0.2) is 24.3 Å². The quantitative estimate of drug-likeness (QED) is 0.0217. The number of aromatic hydroxyl groups is 1. The Morgan fingerprint density at radius 1 is 0.736 bits per heavy atom. The maximum atomic E-state index is 14.5. The van der Waals surface area contributed by atoms with Gasteiger partial charge in [0.05, 0.1) is 19.1 Å². The number of carbonyl (C=O) groups excluding carboxylic acids is 8. The fourth-order valence-corrected chi connectivity index (χ4v) is 11.5. The number of amides is 7. The second-order valence-corrected chi connectivity index (χ2v) is 20.9. The lowest BCUT2D eigenvalue weighted by molar-refractivity contribution is -0.143. The Labute approximate surface area is 420 Å². The van der Waals surface area contributed by atoms with Crippen LogP contribution in [0.5, 0.6) is 5.75 Å². The molecule has 0 radical (unpaired) electrons. The molecule has 1 saturated heterocycles. The van der Waals surface area contributed by atoms with Gasteiger partial charge in [0.15, 0.2) is 17.7 Å². The van der Waals surface area contributed by atoms with E-state index in [0.717, 1.165) is 19.3 Å². The zero-order valence-electron chi connectivity index (χ0n) is 41.6. The maximum absolute atomic E-state index is 14.5. The molecule has 5 aliphatic rings. The van der Waals surface area contributed by atoms with E-state index in [9.17, 15) is 48.6 Å². The topological polar surface area (TPSA) is 390 Å². The average Bonchev–Trinajstić information content (AvgIpc) is 3.80. The molecule has 7 amide bonds. The molecule has 4 saturated carbocycles. The van der Waals surface area contributed by atoms with Crippen LogP contribution in [-0.2, 0) is 44.8 Å². The fourth-order valence-electron chi connectivity index (χ4n) is 11.5. The smallest absolute Gasteiger partial charge is 0.245 e. The molecular formula is C49H77N13O10. The van der Waals surface area contributed by atoms with E-state index in [4.69, 9.17) is 28.0 Å². The predicted molar refractivity (Wildman–Crippen MR) is 265 cm³/mol. The Kier molecular flexibility index (Phi) is 20.7. The van der Waals surface area contributed by atoms with Crippen molar-refractivity contribution in [2.24, 2.45) is 46.3 Å². The van der Waals surface area contributed by atoms with Gasteiger partial charge in [0.1, 0.15) is 36.0 Å². The second kappa shape index (κ2) is 26.4. The molecule has 0 aromatic heterocycles. The summed E-state index contributed by atoms with van der Waals surface area (Å²) >= 11 is 0. The zero-order valence-corrected chi connectivity index (χ0v) is 41.6. The van der Waals surface area contributed by atoms with Crippen LogP contribution in [0.25, 0.3) is 0 Å². The van der Waals surface area contributed by atoms with Crippen molar-refractivity contribution in [3.8, 4) is 5.75 Å². The van der Waals surface area contributed by atoms with Gasteiger partial charge in [0.25, 0.3) is 0 Å². The molecule has 5 fully saturated rings. The highest BCUT2D eigenvalue weighted by atomic mass is 16.3. The highest BCUT2D eigenvalue weighted by Crippen LogP contribution is 2.61. The zero-order chi connectivity index (χ0) is 52.7. The third-order valence-corrected chi connectivity index (χ3v) is 14.3. The van der Waals surface area contributed by atoms with E-state index in [1.807, 2.05) is 13.8 Å². The van der Waals surface area contributed by atoms with Crippen molar-refractivity contribution in [3.05, 3.63) is 29.8 Å². The number of nitrogens with one attached hydrogen (secondary N) is 9. The van der Waals surface area contributed by atoms with Crippen molar-refractivity contribution in [3.63, 3.8) is 0 Å². The first-order valence-electron chi connectivity index (χ1n) is 25.3. The lowest BCUT2D eigenvalue weighted by Crippen LogP contribution is -2.60. The van der Waals surface area contributed by atoms with Crippen LogP contribution in [0.4, 0.5) is 0 Å². The largest absolute Gasteiger partial charge is 0.508 e. The van der Waals surface area contributed by atoms with Crippen molar-refractivity contribution >= 4 is 59.1 Å². The van der Waals surface area contributed by atoms with E-state index < -0.39 is 90.5 Å². The molecule has 0 unspecified atom stereocenters. The molecule has 17 N–H and O–H groups in total. The van der Waals surface area contributed by atoms with Gasteiger partial charge in [-0.1, -0.05) is 26.0 Å². The molecule has 23 heteroatoms. The van der Waals surface area contributed by atoms with Crippen LogP contribution in [0.3, 0.4) is 0 Å². The SMILES string of the molecule is CC(C)C[C@H](NC(=O)[C@@H](CCCNC(=N)N)NC(=O)[C@H](Cc1ccc(O)cc1)NC(=O)[C@@H](N)CO)C(=O)N[C@@H](CCCNC(=N)N)C(=O)N1CCC[C@H]1C(=O)CC(=O)NC(=O)CC12CC3CC(CC(C3)C1)C2. The second-order valence-electron chi connectivity index (χ2n) is 20.9. The van der Waals surface area contributed by atoms with Gasteiger partial charge in [-0.15, -0.1) is 0 Å². The number of nitrogens with zero attached hydrogens (tertiary/aromatic N) is 1. The number of hydrogen-bond donors (Lipinski definition) is 14. The number of carbonyl (C=O) groups is 8. The number of aliphatic hydroxyl groups is 1. The van der Waals surface area contributed by atoms with Crippen molar-refractivity contribution in [1.82, 2.24) is 42.1 Å². The molecule has 398 valence electrons. The Bertz CT molecular complexity index is 2100. The summed E-state index contributed by atoms with van der Waals surface area (Å²) in [5.74, 6) is -4.41. The molecule has 1 aliphatic heterocycles. The molecular weight excluding hydrogens is 931 g/mol. The van der Waals surface area contributed by atoms with Crippen molar-refractivity contribution < 1.29 is 48.6 Å². The monoisotopic (exact) mass is 1010 g/mol. The van der Waals surface area contributed by atoms with Crippen molar-refractivity contribution in [1.29, 1.82) is 10.8 Å². The number of imide groups is 1. The number of Topliss-reactive ketones (excluding diaryl/α,β-unsaturated/α-hetero) is 1. The van der Waals surface area contributed by atoms with Crippen LogP contribution >= 0.6 is 0 Å². The van der Waals surface area contributed by atoms with E-state index in [-0.39, 0.29) is 106 Å². The number of ketones is 1. The molecule has 4 aliphatic carbocycles. The molecule has 4 bridgehead atoms. The number of benzene rings is 1. The summed E-state index contributed by atoms with van der Waals surface area (Å²) in [6.07, 6.45) is 7.36. The Hall–Kier alpha value is -6.36. The summed E-state index contributed by atoms with van der Waals surface area (Å²) in [6, 6.07) is -1.65. The standard InChI is InChI=1S/C49H77N13O10/c1-27(2)16-36(60-43(69)34(6-3-13-55-47(51)52)57-45(71)37(59-42(68)33(50)26-63)20-28-9-11-32(64)12-10-28)44(70)58-35(7-4-14-56-48(53)54)46(72)62-15-5-8-38(62)39(65)21-40(66)61-41(67)25-49-22-29-17-30(23-49)19-31(18-29)24-49/h9-12,27,29-31,33-38,63-64H,3-8,13-26,50H2,1-2H3,(H,57,71)(H,58,70)(H,59,68)(H,60,69)(H4,51,52,55)(H4,53,54,56)(H,61,66,67)/t29?,30?,31?,33-,34+,35-,36-,37-,38-,49?/m0/s1. The number of aliphatic hydroxyl groups excluding tert-OH is 1. The third-order valence-electron chi connectivity index (χ3n) is 14.3. The Balaban J connectivity index is 1.28. The van der Waals surface area contributed by atoms with Gasteiger partial charge < -0.3 is 64.2 Å². The minimum Gasteiger partial charge on any atom is -0.508 e. The number of nitrogens with two attached hydrogens (primary N) is 3. The Morgan fingerprint density at radius 3 is 1.81 bits per heavy atom. The van der Waals surface area contributed by atoms with Gasteiger partial charge in [-0.05, 0) is 130 Å². The van der Waals surface area contributed by atoms with Crippen LogP contribution in [0.2, 0.25) is 0 Å². The van der Waals surface area contributed by atoms with Gasteiger partial charge in [-0.2, -0.15) is 0 Å². The summed E-state index contributed by atoms with van der Waals surface area (Å²) < 4.78 is 0. The van der Waals surface area contributed by atoms with Gasteiger partial charge in [-0.25, -0.2) is 0 Å². The van der Waals surface area contributed by atoms with E-state index in [1.165, 1.54) is 48.4 Å². The number of rotatable bonds is 27. The van der Waals surface area contributed by atoms with E-state index in [0.29, 0.717) is 29.7 Å². The van der Waals surface area contributed by atoms with Crippen molar-refractivity contribution in [2.45, 2.75) is 153 Å². The normalized spacial score (nSPS) is 22.9. The average molecular weight is 1010 g/mol. The summed E-state index contributed by atoms with van der Waals surface area (Å²) in [4.78, 5) is 111. The van der Waals surface area contributed by atoms with Gasteiger partial charge in [-0.3, -0.25) is 54.5 Å². The first-order valence-corrected chi connectivity index (χ1v) is 25.3. The summed E-state index contributed by atoms with van der Waals surface area (Å²) in [5.41, 5.74) is 17.1. The Morgan fingerprint density at radius 2 is 1.25 bits per heavy atom. The maximum Gasteiger partial charge on any atom is 0.245 e. The minimum atomic E-state index is -1.37. The highest BCUT2D eigenvalue weighted by molar-refractivity contribution is 6.07. The number of guanidine groups is 2. The molecule has 0 spiro atoms. The predicted octanol–water partition coefficient (Wildman–Crippen LogP) is -1.03. The molecule has 1 aromatic carbocycles. The van der Waals surface area contributed by atoms with Crippen LogP contribution in [0, 0.1) is 39.9 Å². The molecule has 23 nitrogen and oxygen atoms in total. The van der Waals surface area contributed by atoms with E-state index in [2.05, 4.69) is 37.2 Å². The number of phenols is 1. The minimum absolute atomic E-state index is 0.0276. The third kappa shape index (κ3) is 16.9. The number of phenolic OH excluding ortho intramolecular Hbond substituents is 1. The summed E-state index contributed by atoms with van der Waals surface area (Å²) in [7, 11) is 0. The number of hydrogen-bond acceptors (Lipinski definition) is 13. The van der Waals surface area contributed by atoms with Gasteiger partial charge >= 0.3 is 0 Å². The van der Waals surface area contributed by atoms with Crippen LogP contribution < -0.4 is 54.4 Å². The van der Waals surface area contributed by atoms with E-state index in [1.54, 1.807) is 0 Å².